The molecule has 1 atom stereocenters. The van der Waals surface area contributed by atoms with Gasteiger partial charge in [0.15, 0.2) is 6.10 Å². The van der Waals surface area contributed by atoms with Crippen LogP contribution in [-0.2, 0) is 9.53 Å². The van der Waals surface area contributed by atoms with Crippen molar-refractivity contribution in [2.45, 2.75) is 91.1 Å². The maximum absolute atomic E-state index is 11.1. The van der Waals surface area contributed by atoms with Gasteiger partial charge in [-0.15, -0.1) is 0 Å². The first kappa shape index (κ1) is 21.4. The summed E-state index contributed by atoms with van der Waals surface area (Å²) in [7, 11) is 0. The van der Waals surface area contributed by atoms with Crippen LogP contribution in [0.1, 0.15) is 85.0 Å². The minimum atomic E-state index is -0.867. The van der Waals surface area contributed by atoms with Gasteiger partial charge in [-0.1, -0.05) is 72.1 Å². The van der Waals surface area contributed by atoms with Gasteiger partial charge in [0, 0.05) is 13.2 Å². The molecule has 0 aliphatic carbocycles. The Morgan fingerprint density at radius 1 is 0.864 bits per heavy atom. The van der Waals surface area contributed by atoms with Gasteiger partial charge in [-0.2, -0.15) is 0 Å². The standard InChI is InChI=1S/C18H36O4/c1-18(2,3)16(17(20)21)22-15-13-11-9-7-5-4-6-8-10-12-14-19/h16,19H,4-15H2,1-3H3,(H,20,21). The molecule has 0 saturated carbocycles. The highest BCUT2D eigenvalue weighted by atomic mass is 16.5. The lowest BCUT2D eigenvalue weighted by molar-refractivity contribution is -0.158. The van der Waals surface area contributed by atoms with Crippen LogP contribution in [0.5, 0.6) is 0 Å². The van der Waals surface area contributed by atoms with Gasteiger partial charge in [-0.05, 0) is 18.3 Å². The lowest BCUT2D eigenvalue weighted by Gasteiger charge is -2.26. The van der Waals surface area contributed by atoms with E-state index in [-0.39, 0.29) is 5.41 Å². The fourth-order valence-electron chi connectivity index (χ4n) is 2.52. The number of aliphatic hydroxyl groups is 1. The molecule has 0 aliphatic heterocycles. The van der Waals surface area contributed by atoms with Gasteiger partial charge >= 0.3 is 5.97 Å². The fourth-order valence-corrected chi connectivity index (χ4v) is 2.52. The normalized spacial score (nSPS) is 13.3. The molecule has 0 radical (unpaired) electrons. The van der Waals surface area contributed by atoms with Gasteiger partial charge in [0.2, 0.25) is 0 Å². The largest absolute Gasteiger partial charge is 0.479 e. The molecule has 0 aromatic heterocycles. The van der Waals surface area contributed by atoms with Crippen molar-refractivity contribution in [3.05, 3.63) is 0 Å². The molecule has 4 nitrogen and oxygen atoms in total. The van der Waals surface area contributed by atoms with E-state index in [1.807, 2.05) is 20.8 Å². The SMILES string of the molecule is CC(C)(C)C(OCCCCCCCCCCCCO)C(=O)O. The van der Waals surface area contributed by atoms with Crippen LogP contribution in [0.2, 0.25) is 0 Å². The second-order valence-corrected chi connectivity index (χ2v) is 7.21. The molecular weight excluding hydrogens is 280 g/mol. The van der Waals surface area contributed by atoms with E-state index < -0.39 is 12.1 Å². The van der Waals surface area contributed by atoms with E-state index in [0.29, 0.717) is 13.2 Å². The lowest BCUT2D eigenvalue weighted by Crippen LogP contribution is -2.37. The number of unbranched alkanes of at least 4 members (excludes halogenated alkanes) is 9. The third kappa shape index (κ3) is 12.0. The molecule has 0 bridgehead atoms. The van der Waals surface area contributed by atoms with Crippen LogP contribution in [-0.4, -0.2) is 35.5 Å². The van der Waals surface area contributed by atoms with Crippen LogP contribution in [0.15, 0.2) is 0 Å². The molecular formula is C18H36O4. The summed E-state index contributed by atoms with van der Waals surface area (Å²) < 4.78 is 5.53. The zero-order chi connectivity index (χ0) is 16.8. The molecule has 0 heterocycles. The summed E-state index contributed by atoms with van der Waals surface area (Å²) in [5.41, 5.74) is -0.359. The molecule has 1 unspecified atom stereocenters. The summed E-state index contributed by atoms with van der Waals surface area (Å²) in [5.74, 6) is -0.867. The van der Waals surface area contributed by atoms with Crippen molar-refractivity contribution in [2.24, 2.45) is 5.41 Å². The van der Waals surface area contributed by atoms with Gasteiger partial charge in [0.25, 0.3) is 0 Å². The summed E-state index contributed by atoms with van der Waals surface area (Å²) in [6.07, 6.45) is 10.9. The van der Waals surface area contributed by atoms with Crippen LogP contribution >= 0.6 is 0 Å². The first-order chi connectivity index (χ1) is 10.4. The third-order valence-electron chi connectivity index (χ3n) is 3.85. The van der Waals surface area contributed by atoms with Crippen LogP contribution in [0.4, 0.5) is 0 Å². The van der Waals surface area contributed by atoms with E-state index in [1.54, 1.807) is 0 Å². The number of carboxylic acids is 1. The van der Waals surface area contributed by atoms with E-state index in [1.165, 1.54) is 38.5 Å². The van der Waals surface area contributed by atoms with Crippen molar-refractivity contribution in [2.75, 3.05) is 13.2 Å². The second-order valence-electron chi connectivity index (χ2n) is 7.21. The molecule has 0 aliphatic rings. The molecule has 22 heavy (non-hydrogen) atoms. The zero-order valence-corrected chi connectivity index (χ0v) is 14.8. The Balaban J connectivity index is 3.41. The summed E-state index contributed by atoms with van der Waals surface area (Å²) in [6.45, 7) is 6.54. The van der Waals surface area contributed by atoms with Crippen LogP contribution < -0.4 is 0 Å². The van der Waals surface area contributed by atoms with Gasteiger partial charge in [0.05, 0.1) is 0 Å². The smallest absolute Gasteiger partial charge is 0.333 e. The monoisotopic (exact) mass is 316 g/mol. The lowest BCUT2D eigenvalue weighted by atomic mass is 9.89. The predicted octanol–water partition coefficient (Wildman–Crippen LogP) is 4.40. The number of hydrogen-bond acceptors (Lipinski definition) is 3. The number of carbonyl (C=O) groups is 1. The van der Waals surface area contributed by atoms with Gasteiger partial charge < -0.3 is 14.9 Å². The Bertz CT molecular complexity index is 271. The van der Waals surface area contributed by atoms with Crippen LogP contribution in [0, 0.1) is 5.41 Å². The first-order valence-corrected chi connectivity index (χ1v) is 8.85. The maximum Gasteiger partial charge on any atom is 0.333 e. The molecule has 132 valence electrons. The Morgan fingerprint density at radius 2 is 1.27 bits per heavy atom. The number of hydrogen-bond donors (Lipinski definition) is 2. The predicted molar refractivity (Wildman–Crippen MR) is 90.1 cm³/mol. The molecule has 0 aromatic carbocycles. The van der Waals surface area contributed by atoms with E-state index in [2.05, 4.69) is 0 Å². The zero-order valence-electron chi connectivity index (χ0n) is 14.8. The van der Waals surface area contributed by atoms with Crippen molar-refractivity contribution < 1.29 is 19.7 Å². The number of rotatable bonds is 14. The molecule has 4 heteroatoms. The highest BCUT2D eigenvalue weighted by Gasteiger charge is 2.31. The van der Waals surface area contributed by atoms with Crippen molar-refractivity contribution in [1.82, 2.24) is 0 Å². The van der Waals surface area contributed by atoms with Gasteiger partial charge in [0.1, 0.15) is 0 Å². The molecule has 2 N–H and O–H groups in total. The Labute approximate surface area is 136 Å². The van der Waals surface area contributed by atoms with Gasteiger partial charge in [-0.25, -0.2) is 4.79 Å². The minimum Gasteiger partial charge on any atom is -0.479 e. The molecule has 0 amide bonds. The van der Waals surface area contributed by atoms with Gasteiger partial charge in [-0.3, -0.25) is 0 Å². The molecule has 0 rings (SSSR count). The number of aliphatic carboxylic acids is 1. The molecule has 0 fully saturated rings. The summed E-state index contributed by atoms with van der Waals surface area (Å²) in [4.78, 5) is 11.1. The number of ether oxygens (including phenoxy) is 1. The van der Waals surface area contributed by atoms with E-state index in [9.17, 15) is 4.79 Å². The van der Waals surface area contributed by atoms with Crippen LogP contribution in [0.25, 0.3) is 0 Å². The quantitative estimate of drug-likeness (QED) is 0.466. The van der Waals surface area contributed by atoms with E-state index >= 15 is 0 Å². The van der Waals surface area contributed by atoms with Crippen molar-refractivity contribution >= 4 is 5.97 Å². The molecule has 0 spiro atoms. The number of carboxylic acid groups (broad SMARTS) is 1. The Morgan fingerprint density at radius 3 is 1.64 bits per heavy atom. The summed E-state index contributed by atoms with van der Waals surface area (Å²) >= 11 is 0. The average Bonchev–Trinajstić information content (AvgIpc) is 2.42. The fraction of sp³-hybridized carbons (Fsp3) is 0.944. The average molecular weight is 316 g/mol. The van der Waals surface area contributed by atoms with Crippen molar-refractivity contribution in [3.63, 3.8) is 0 Å². The van der Waals surface area contributed by atoms with E-state index in [4.69, 9.17) is 14.9 Å². The Kier molecular flexibility index (Phi) is 12.5. The second kappa shape index (κ2) is 12.9. The summed E-state index contributed by atoms with van der Waals surface area (Å²) in [6, 6.07) is 0. The highest BCUT2D eigenvalue weighted by Crippen LogP contribution is 2.23. The Hall–Kier alpha value is -0.610. The van der Waals surface area contributed by atoms with Crippen molar-refractivity contribution in [1.29, 1.82) is 0 Å². The number of aliphatic hydroxyl groups excluding tert-OH is 1. The van der Waals surface area contributed by atoms with Crippen LogP contribution in [0.3, 0.4) is 0 Å². The topological polar surface area (TPSA) is 66.8 Å². The third-order valence-corrected chi connectivity index (χ3v) is 3.85. The maximum atomic E-state index is 11.1. The van der Waals surface area contributed by atoms with E-state index in [0.717, 1.165) is 25.7 Å². The summed E-state index contributed by atoms with van der Waals surface area (Å²) in [5, 5.41) is 17.8. The molecule has 0 saturated heterocycles. The molecule has 0 aromatic rings. The highest BCUT2D eigenvalue weighted by molar-refractivity contribution is 5.73. The van der Waals surface area contributed by atoms with Crippen molar-refractivity contribution in [3.8, 4) is 0 Å². The minimum absolute atomic E-state index is 0.319. The first-order valence-electron chi connectivity index (χ1n) is 8.85.